The van der Waals surface area contributed by atoms with Crippen molar-refractivity contribution in [3.63, 3.8) is 0 Å². The van der Waals surface area contributed by atoms with E-state index in [2.05, 4.69) is 5.32 Å². The van der Waals surface area contributed by atoms with Crippen LogP contribution in [0.4, 0.5) is 18.9 Å². The van der Waals surface area contributed by atoms with Crippen LogP contribution in [0.15, 0.2) is 41.3 Å². The lowest BCUT2D eigenvalue weighted by molar-refractivity contribution is -0.0413. The normalized spacial score (nSPS) is 27.8. The van der Waals surface area contributed by atoms with Crippen LogP contribution in [0.2, 0.25) is 0 Å². The second-order valence-corrected chi connectivity index (χ2v) is 10.8. The molecule has 2 fully saturated rings. The van der Waals surface area contributed by atoms with E-state index in [9.17, 15) is 31.5 Å². The molecule has 0 spiro atoms. The van der Waals surface area contributed by atoms with Gasteiger partial charge >= 0.3 is 0 Å². The second-order valence-electron chi connectivity index (χ2n) is 8.57. The minimum atomic E-state index is -3.75. The zero-order chi connectivity index (χ0) is 22.6. The maximum atomic E-state index is 13.4. The van der Waals surface area contributed by atoms with Gasteiger partial charge < -0.3 is 10.4 Å². The van der Waals surface area contributed by atoms with Gasteiger partial charge in [0.25, 0.3) is 5.91 Å². The molecular formula is C22H22F3NO4S. The number of benzene rings is 2. The highest BCUT2D eigenvalue weighted by Gasteiger charge is 2.52. The molecule has 0 aliphatic heterocycles. The number of halogens is 3. The minimum Gasteiger partial charge on any atom is -0.390 e. The average molecular weight is 453 g/mol. The van der Waals surface area contributed by atoms with Crippen molar-refractivity contribution in [2.75, 3.05) is 5.32 Å². The van der Waals surface area contributed by atoms with E-state index in [0.29, 0.717) is 25.0 Å². The van der Waals surface area contributed by atoms with Gasteiger partial charge in [0.1, 0.15) is 0 Å². The summed E-state index contributed by atoms with van der Waals surface area (Å²) in [4.78, 5) is 12.5. The quantitative estimate of drug-likeness (QED) is 0.684. The fourth-order valence-electron chi connectivity index (χ4n) is 4.86. The summed E-state index contributed by atoms with van der Waals surface area (Å²) < 4.78 is 66.3. The first-order valence-corrected chi connectivity index (χ1v) is 11.6. The van der Waals surface area contributed by atoms with E-state index in [0.717, 1.165) is 12.8 Å². The van der Waals surface area contributed by atoms with Crippen molar-refractivity contribution in [2.24, 2.45) is 11.8 Å². The summed E-state index contributed by atoms with van der Waals surface area (Å²) in [6, 6.07) is 6.69. The van der Waals surface area contributed by atoms with Crippen LogP contribution in [-0.2, 0) is 9.84 Å². The molecule has 166 valence electrons. The van der Waals surface area contributed by atoms with E-state index in [-0.39, 0.29) is 28.0 Å². The third kappa shape index (κ3) is 3.85. The van der Waals surface area contributed by atoms with Crippen LogP contribution in [0.3, 0.4) is 0 Å². The van der Waals surface area contributed by atoms with E-state index >= 15 is 0 Å². The molecule has 0 radical (unpaired) electrons. The number of amides is 1. The summed E-state index contributed by atoms with van der Waals surface area (Å²) in [5, 5.41) is 12.2. The summed E-state index contributed by atoms with van der Waals surface area (Å²) in [6.45, 7) is 1.77. The topological polar surface area (TPSA) is 83.5 Å². The Morgan fingerprint density at radius 2 is 1.65 bits per heavy atom. The molecule has 31 heavy (non-hydrogen) atoms. The first-order chi connectivity index (χ1) is 14.5. The number of nitrogens with one attached hydrogen (secondary N) is 1. The first-order valence-electron chi connectivity index (χ1n) is 10.0. The van der Waals surface area contributed by atoms with Crippen LogP contribution in [-0.4, -0.2) is 30.3 Å². The van der Waals surface area contributed by atoms with Gasteiger partial charge in [-0.15, -0.1) is 0 Å². The van der Waals surface area contributed by atoms with Gasteiger partial charge in [-0.25, -0.2) is 21.6 Å². The van der Waals surface area contributed by atoms with Crippen molar-refractivity contribution in [1.29, 1.82) is 0 Å². The maximum absolute atomic E-state index is 13.4. The molecule has 4 atom stereocenters. The van der Waals surface area contributed by atoms with Gasteiger partial charge in [-0.1, -0.05) is 6.07 Å². The number of hydrogen-bond acceptors (Lipinski definition) is 4. The Hall–Kier alpha value is -2.39. The van der Waals surface area contributed by atoms with E-state index in [1.165, 1.54) is 24.3 Å². The lowest BCUT2D eigenvalue weighted by Gasteiger charge is -2.39. The number of rotatable bonds is 4. The molecule has 0 aromatic heterocycles. The van der Waals surface area contributed by atoms with Gasteiger partial charge in [-0.05, 0) is 62.6 Å². The molecule has 4 rings (SSSR count). The predicted octanol–water partition coefficient (Wildman–Crippen LogP) is 4.07. The number of anilines is 1. The Morgan fingerprint density at radius 1 is 1.06 bits per heavy atom. The highest BCUT2D eigenvalue weighted by molar-refractivity contribution is 7.92. The molecule has 2 N–H and O–H groups in total. The fraction of sp³-hybridized carbons (Fsp3) is 0.409. The van der Waals surface area contributed by atoms with Crippen LogP contribution in [0.25, 0.3) is 0 Å². The summed E-state index contributed by atoms with van der Waals surface area (Å²) in [5.74, 6) is -5.49. The number of carbonyl (C=O) groups is 1. The number of hydrogen-bond donors (Lipinski definition) is 2. The lowest BCUT2D eigenvalue weighted by atomic mass is 9.76. The maximum Gasteiger partial charge on any atom is 0.255 e. The molecule has 0 saturated heterocycles. The van der Waals surface area contributed by atoms with Crippen molar-refractivity contribution >= 4 is 21.4 Å². The monoisotopic (exact) mass is 453 g/mol. The zero-order valence-corrected chi connectivity index (χ0v) is 17.6. The Kier molecular flexibility index (Phi) is 5.37. The average Bonchev–Trinajstić information content (AvgIpc) is 2.88. The van der Waals surface area contributed by atoms with Crippen LogP contribution in [0.5, 0.6) is 0 Å². The highest BCUT2D eigenvalue weighted by atomic mass is 32.2. The van der Waals surface area contributed by atoms with Crippen LogP contribution < -0.4 is 5.32 Å². The molecular weight excluding hydrogens is 431 g/mol. The number of aliphatic hydroxyl groups is 1. The van der Waals surface area contributed by atoms with Gasteiger partial charge in [0.15, 0.2) is 27.3 Å². The van der Waals surface area contributed by atoms with E-state index < -0.39 is 44.0 Å². The molecule has 9 heteroatoms. The van der Waals surface area contributed by atoms with Gasteiger partial charge in [0.05, 0.1) is 15.7 Å². The van der Waals surface area contributed by atoms with Crippen molar-refractivity contribution in [3.8, 4) is 0 Å². The SMILES string of the molecule is C[C@@]1(O)C2CC[C@H]1C[C@@H](S(=O)(=O)c1cccc(C(=O)Nc3cc(F)c(F)c(F)c3)c1)C2. The molecule has 2 aromatic carbocycles. The summed E-state index contributed by atoms with van der Waals surface area (Å²) in [5.41, 5.74) is -1.16. The second kappa shape index (κ2) is 7.63. The molecule has 2 aromatic rings. The summed E-state index contributed by atoms with van der Waals surface area (Å²) in [6.07, 6.45) is 2.29. The molecule has 1 amide bonds. The van der Waals surface area contributed by atoms with Crippen LogP contribution in [0.1, 0.15) is 43.0 Å². The number of fused-ring (bicyclic) bond motifs is 2. The molecule has 2 aliphatic rings. The molecule has 2 saturated carbocycles. The van der Waals surface area contributed by atoms with Gasteiger partial charge in [0, 0.05) is 23.4 Å². The van der Waals surface area contributed by atoms with E-state index in [1.807, 2.05) is 0 Å². The van der Waals surface area contributed by atoms with Gasteiger partial charge in [-0.3, -0.25) is 4.79 Å². The Labute approximate surface area is 178 Å². The van der Waals surface area contributed by atoms with Crippen molar-refractivity contribution in [1.82, 2.24) is 0 Å². The van der Waals surface area contributed by atoms with Crippen LogP contribution in [0, 0.1) is 29.3 Å². The van der Waals surface area contributed by atoms with E-state index in [4.69, 9.17) is 0 Å². The fourth-order valence-corrected chi connectivity index (χ4v) is 6.77. The largest absolute Gasteiger partial charge is 0.390 e. The molecule has 2 bridgehead atoms. The summed E-state index contributed by atoms with van der Waals surface area (Å²) in [7, 11) is -3.75. The van der Waals surface area contributed by atoms with Crippen LogP contribution >= 0.6 is 0 Å². The molecule has 5 nitrogen and oxygen atoms in total. The van der Waals surface area contributed by atoms with E-state index in [1.54, 1.807) is 6.92 Å². The third-order valence-electron chi connectivity index (χ3n) is 6.72. The van der Waals surface area contributed by atoms with Crippen molar-refractivity contribution in [3.05, 3.63) is 59.4 Å². The van der Waals surface area contributed by atoms with Crippen molar-refractivity contribution < 1.29 is 31.5 Å². The van der Waals surface area contributed by atoms with Gasteiger partial charge in [0.2, 0.25) is 0 Å². The molecule has 0 heterocycles. The highest BCUT2D eigenvalue weighted by Crippen LogP contribution is 2.51. The van der Waals surface area contributed by atoms with Gasteiger partial charge in [-0.2, -0.15) is 0 Å². The number of sulfone groups is 1. The standard InChI is InChI=1S/C22H22F3NO4S/c1-22(28)13-5-6-14(22)9-17(8-13)31(29,30)16-4-2-3-12(7-16)21(27)26-15-10-18(23)20(25)19(24)11-15/h2-4,7,10-11,13-14,17,28H,5-6,8-9H2,1H3,(H,26,27)/t13-,14?,17+,22-/m0/s1. The zero-order valence-electron chi connectivity index (χ0n) is 16.7. The Balaban J connectivity index is 1.56. The predicted molar refractivity (Wildman–Crippen MR) is 108 cm³/mol. The third-order valence-corrected chi connectivity index (χ3v) is 8.89. The Bertz CT molecular complexity index is 1110. The smallest absolute Gasteiger partial charge is 0.255 e. The molecule has 1 unspecified atom stereocenters. The Morgan fingerprint density at radius 3 is 2.23 bits per heavy atom. The first kappa shape index (κ1) is 21.8. The molecule has 2 aliphatic carbocycles. The minimum absolute atomic E-state index is 0.0167. The lowest BCUT2D eigenvalue weighted by Crippen LogP contribution is -2.45. The number of carbonyl (C=O) groups excluding carboxylic acids is 1. The van der Waals surface area contributed by atoms with Crippen molar-refractivity contribution in [2.45, 2.75) is 48.4 Å². The summed E-state index contributed by atoms with van der Waals surface area (Å²) >= 11 is 0.